The van der Waals surface area contributed by atoms with Gasteiger partial charge in [-0.3, -0.25) is 0 Å². The highest BCUT2D eigenvalue weighted by atomic mass is 79.9. The van der Waals surface area contributed by atoms with E-state index in [9.17, 15) is 14.6 Å². The lowest BCUT2D eigenvalue weighted by atomic mass is 10.0. The molecular weight excluding hydrogens is 333 g/mol. The Labute approximate surface area is 103 Å². The standard InChI is InChI=1S/C9H10Br2FNO2/c10-4-1-5(11)8(6(12)2-4)9(15)7(14)3-13/h1-2,7,9,14-15H,3,13H2. The van der Waals surface area contributed by atoms with Gasteiger partial charge in [-0.05, 0) is 12.1 Å². The maximum absolute atomic E-state index is 13.5. The second-order valence-electron chi connectivity index (χ2n) is 3.03. The van der Waals surface area contributed by atoms with E-state index in [1.165, 1.54) is 6.07 Å². The zero-order valence-electron chi connectivity index (χ0n) is 7.62. The van der Waals surface area contributed by atoms with Crippen molar-refractivity contribution in [1.82, 2.24) is 0 Å². The summed E-state index contributed by atoms with van der Waals surface area (Å²) in [5.41, 5.74) is 5.19. The minimum absolute atomic E-state index is 0.0103. The number of aliphatic hydroxyl groups is 2. The van der Waals surface area contributed by atoms with Gasteiger partial charge in [0.05, 0.1) is 6.10 Å². The first-order valence-corrected chi connectivity index (χ1v) is 5.76. The van der Waals surface area contributed by atoms with Gasteiger partial charge in [0.25, 0.3) is 0 Å². The van der Waals surface area contributed by atoms with E-state index in [1.54, 1.807) is 6.07 Å². The van der Waals surface area contributed by atoms with Gasteiger partial charge in [0.15, 0.2) is 0 Å². The summed E-state index contributed by atoms with van der Waals surface area (Å²) in [6, 6.07) is 2.80. The first kappa shape index (κ1) is 13.1. The summed E-state index contributed by atoms with van der Waals surface area (Å²) in [4.78, 5) is 0. The fraction of sp³-hybridized carbons (Fsp3) is 0.333. The van der Waals surface area contributed by atoms with Gasteiger partial charge < -0.3 is 15.9 Å². The van der Waals surface area contributed by atoms with E-state index in [1.807, 2.05) is 0 Å². The highest BCUT2D eigenvalue weighted by Crippen LogP contribution is 2.31. The summed E-state index contributed by atoms with van der Waals surface area (Å²) in [7, 11) is 0. The van der Waals surface area contributed by atoms with Gasteiger partial charge in [0, 0.05) is 21.1 Å². The molecule has 0 saturated heterocycles. The summed E-state index contributed by atoms with van der Waals surface area (Å²) in [6.45, 7) is -0.136. The quantitative estimate of drug-likeness (QED) is 0.783. The monoisotopic (exact) mass is 341 g/mol. The first-order chi connectivity index (χ1) is 6.97. The van der Waals surface area contributed by atoms with Gasteiger partial charge >= 0.3 is 0 Å². The van der Waals surface area contributed by atoms with Crippen molar-refractivity contribution < 1.29 is 14.6 Å². The first-order valence-electron chi connectivity index (χ1n) is 4.18. The van der Waals surface area contributed by atoms with Crippen molar-refractivity contribution in [2.24, 2.45) is 5.73 Å². The molecular formula is C9H10Br2FNO2. The van der Waals surface area contributed by atoms with Crippen LogP contribution in [-0.2, 0) is 0 Å². The Kier molecular flexibility index (Phi) is 4.66. The average molecular weight is 343 g/mol. The molecule has 0 fully saturated rings. The van der Waals surface area contributed by atoms with Crippen LogP contribution >= 0.6 is 31.9 Å². The minimum Gasteiger partial charge on any atom is -0.389 e. The molecule has 2 atom stereocenters. The van der Waals surface area contributed by atoms with E-state index in [0.29, 0.717) is 8.95 Å². The average Bonchev–Trinajstić information content (AvgIpc) is 2.14. The molecule has 0 aliphatic carbocycles. The van der Waals surface area contributed by atoms with Gasteiger partial charge in [0.1, 0.15) is 11.9 Å². The molecule has 0 aliphatic heterocycles. The number of hydrogen-bond donors (Lipinski definition) is 3. The van der Waals surface area contributed by atoms with Gasteiger partial charge in [-0.25, -0.2) is 4.39 Å². The fourth-order valence-electron chi connectivity index (χ4n) is 1.16. The molecule has 0 radical (unpaired) electrons. The van der Waals surface area contributed by atoms with Gasteiger partial charge in [-0.2, -0.15) is 0 Å². The van der Waals surface area contributed by atoms with E-state index >= 15 is 0 Å². The SMILES string of the molecule is NCC(O)C(O)c1c(F)cc(Br)cc1Br. The van der Waals surface area contributed by atoms with Crippen LogP contribution in [0.3, 0.4) is 0 Å². The Morgan fingerprint density at radius 2 is 1.93 bits per heavy atom. The van der Waals surface area contributed by atoms with Crippen LogP contribution in [0.15, 0.2) is 21.1 Å². The van der Waals surface area contributed by atoms with Gasteiger partial charge in [-0.15, -0.1) is 0 Å². The molecule has 1 aromatic rings. The molecule has 1 aromatic carbocycles. The third-order valence-electron chi connectivity index (χ3n) is 1.95. The van der Waals surface area contributed by atoms with Crippen molar-refractivity contribution in [2.45, 2.75) is 12.2 Å². The van der Waals surface area contributed by atoms with Crippen LogP contribution in [0.4, 0.5) is 4.39 Å². The van der Waals surface area contributed by atoms with Crippen LogP contribution in [0.5, 0.6) is 0 Å². The molecule has 0 bridgehead atoms. The largest absolute Gasteiger partial charge is 0.389 e. The van der Waals surface area contributed by atoms with Gasteiger partial charge in [0.2, 0.25) is 0 Å². The molecule has 6 heteroatoms. The van der Waals surface area contributed by atoms with Crippen LogP contribution in [0.2, 0.25) is 0 Å². The van der Waals surface area contributed by atoms with Crippen LogP contribution < -0.4 is 5.73 Å². The number of halogens is 3. The Hall–Kier alpha value is -0.0100. The summed E-state index contributed by atoms with van der Waals surface area (Å²) < 4.78 is 14.4. The fourth-order valence-corrected chi connectivity index (χ4v) is 2.56. The molecule has 3 nitrogen and oxygen atoms in total. The third kappa shape index (κ3) is 2.98. The van der Waals surface area contributed by atoms with E-state index in [0.717, 1.165) is 0 Å². The molecule has 1 rings (SSSR count). The zero-order chi connectivity index (χ0) is 11.6. The number of nitrogens with two attached hydrogens (primary N) is 1. The molecule has 0 aromatic heterocycles. The second kappa shape index (κ2) is 5.36. The lowest BCUT2D eigenvalue weighted by molar-refractivity contribution is 0.0217. The molecule has 0 spiro atoms. The summed E-state index contributed by atoms with van der Waals surface area (Å²) in [5.74, 6) is -0.601. The van der Waals surface area contributed by atoms with E-state index in [-0.39, 0.29) is 12.1 Å². The van der Waals surface area contributed by atoms with Crippen molar-refractivity contribution >= 4 is 31.9 Å². The highest BCUT2D eigenvalue weighted by Gasteiger charge is 2.23. The summed E-state index contributed by atoms with van der Waals surface area (Å²) in [6.07, 6.45) is -2.52. The van der Waals surface area contributed by atoms with Crippen LogP contribution in [-0.4, -0.2) is 22.9 Å². The number of hydrogen-bond acceptors (Lipinski definition) is 3. The highest BCUT2D eigenvalue weighted by molar-refractivity contribution is 9.11. The van der Waals surface area contributed by atoms with E-state index in [2.05, 4.69) is 31.9 Å². The van der Waals surface area contributed by atoms with Crippen LogP contribution in [0.1, 0.15) is 11.7 Å². The zero-order valence-corrected chi connectivity index (χ0v) is 10.8. The van der Waals surface area contributed by atoms with Crippen molar-refractivity contribution in [3.8, 4) is 0 Å². The molecule has 0 aliphatic rings. The lowest BCUT2D eigenvalue weighted by Crippen LogP contribution is -2.28. The van der Waals surface area contributed by atoms with Crippen LogP contribution in [0, 0.1) is 5.82 Å². The molecule has 2 unspecified atom stereocenters. The molecule has 15 heavy (non-hydrogen) atoms. The maximum atomic E-state index is 13.5. The minimum atomic E-state index is -1.34. The second-order valence-corrected chi connectivity index (χ2v) is 4.80. The molecule has 0 heterocycles. The molecule has 0 saturated carbocycles. The Morgan fingerprint density at radius 1 is 1.33 bits per heavy atom. The lowest BCUT2D eigenvalue weighted by Gasteiger charge is -2.18. The Morgan fingerprint density at radius 3 is 2.40 bits per heavy atom. The Balaban J connectivity index is 3.13. The Bertz CT molecular complexity index is 339. The molecule has 0 amide bonds. The topological polar surface area (TPSA) is 66.5 Å². The van der Waals surface area contributed by atoms with Crippen LogP contribution in [0.25, 0.3) is 0 Å². The summed E-state index contributed by atoms with van der Waals surface area (Å²) >= 11 is 6.23. The smallest absolute Gasteiger partial charge is 0.131 e. The predicted octanol–water partition coefficient (Wildman–Crippen LogP) is 1.70. The van der Waals surface area contributed by atoms with Crippen molar-refractivity contribution in [3.63, 3.8) is 0 Å². The summed E-state index contributed by atoms with van der Waals surface area (Å²) in [5, 5.41) is 19.0. The normalized spacial score (nSPS) is 15.1. The van der Waals surface area contributed by atoms with Crippen molar-refractivity contribution in [3.05, 3.63) is 32.5 Å². The van der Waals surface area contributed by atoms with E-state index in [4.69, 9.17) is 5.73 Å². The number of benzene rings is 1. The van der Waals surface area contributed by atoms with Crippen molar-refractivity contribution in [2.75, 3.05) is 6.54 Å². The van der Waals surface area contributed by atoms with Gasteiger partial charge in [-0.1, -0.05) is 31.9 Å². The maximum Gasteiger partial charge on any atom is 0.131 e. The molecule has 4 N–H and O–H groups in total. The molecule has 84 valence electrons. The predicted molar refractivity (Wildman–Crippen MR) is 61.8 cm³/mol. The van der Waals surface area contributed by atoms with E-state index < -0.39 is 18.0 Å². The number of rotatable bonds is 3. The van der Waals surface area contributed by atoms with Crippen molar-refractivity contribution in [1.29, 1.82) is 0 Å². The third-order valence-corrected chi connectivity index (χ3v) is 3.06. The number of aliphatic hydroxyl groups excluding tert-OH is 2.